The number of nitrogens with one attached hydrogen (secondary N) is 2. The number of benzene rings is 4. The van der Waals surface area contributed by atoms with Gasteiger partial charge in [-0.3, -0.25) is 10.1 Å². The maximum atomic E-state index is 12.7. The van der Waals surface area contributed by atoms with Gasteiger partial charge in [0.15, 0.2) is 10.7 Å². The summed E-state index contributed by atoms with van der Waals surface area (Å²) in [5, 5.41) is 6.82. The zero-order valence-electron chi connectivity index (χ0n) is 19.2. The molecule has 0 spiro atoms. The summed E-state index contributed by atoms with van der Waals surface area (Å²) in [6, 6.07) is 27.1. The van der Waals surface area contributed by atoms with Gasteiger partial charge in [0.25, 0.3) is 5.91 Å². The van der Waals surface area contributed by atoms with Crippen LogP contribution in [0, 0.1) is 0 Å². The summed E-state index contributed by atoms with van der Waals surface area (Å²) in [5.74, 6) is 0.656. The van der Waals surface area contributed by atoms with E-state index in [0.29, 0.717) is 56.2 Å². The third-order valence-electron chi connectivity index (χ3n) is 5.40. The van der Waals surface area contributed by atoms with E-state index in [1.165, 1.54) is 0 Å². The Bertz CT molecular complexity index is 1590. The van der Waals surface area contributed by atoms with E-state index in [1.54, 1.807) is 60.7 Å². The average molecular weight is 548 g/mol. The molecule has 1 amide bonds. The van der Waals surface area contributed by atoms with Gasteiger partial charge in [-0.25, -0.2) is 4.98 Å². The number of hydrogen-bond donors (Lipinski definition) is 2. The van der Waals surface area contributed by atoms with Crippen LogP contribution in [-0.4, -0.2) is 16.0 Å². The quantitative estimate of drug-likeness (QED) is 0.214. The minimum absolute atomic E-state index is 0.132. The molecule has 2 N–H and O–H groups in total. The van der Waals surface area contributed by atoms with Crippen LogP contribution < -0.4 is 15.4 Å². The zero-order valence-corrected chi connectivity index (χ0v) is 21.5. The maximum absolute atomic E-state index is 12.7. The van der Waals surface area contributed by atoms with Gasteiger partial charge in [-0.2, -0.15) is 0 Å². The fourth-order valence-electron chi connectivity index (χ4n) is 3.56. The minimum Gasteiger partial charge on any atom is -0.489 e. The topological polar surface area (TPSA) is 76.4 Å². The molecular weight excluding hydrogens is 529 g/mol. The molecule has 5 aromatic rings. The fraction of sp³-hybridized carbons (Fsp3) is 0.0357. The third-order valence-corrected chi connectivity index (χ3v) is 6.16. The summed E-state index contributed by atoms with van der Waals surface area (Å²) < 4.78 is 11.6. The third kappa shape index (κ3) is 6.09. The Morgan fingerprint density at radius 3 is 2.51 bits per heavy atom. The molecule has 9 heteroatoms. The molecule has 0 aliphatic carbocycles. The van der Waals surface area contributed by atoms with E-state index < -0.39 is 0 Å². The molecule has 1 aromatic heterocycles. The van der Waals surface area contributed by atoms with Crippen molar-refractivity contribution in [2.24, 2.45) is 0 Å². The van der Waals surface area contributed by atoms with Gasteiger partial charge in [0.05, 0.1) is 10.6 Å². The molecule has 0 fully saturated rings. The number of halogens is 2. The van der Waals surface area contributed by atoms with Crippen LogP contribution in [0.3, 0.4) is 0 Å². The zero-order chi connectivity index (χ0) is 25.8. The van der Waals surface area contributed by atoms with Crippen molar-refractivity contribution in [1.29, 1.82) is 0 Å². The van der Waals surface area contributed by atoms with Crippen molar-refractivity contribution in [2.75, 3.05) is 5.32 Å². The molecule has 0 aliphatic rings. The molecule has 0 atom stereocenters. The highest BCUT2D eigenvalue weighted by Crippen LogP contribution is 2.33. The lowest BCUT2D eigenvalue weighted by atomic mass is 10.2. The van der Waals surface area contributed by atoms with Gasteiger partial charge in [0, 0.05) is 16.3 Å². The fourth-order valence-corrected chi connectivity index (χ4v) is 4.14. The first-order chi connectivity index (χ1) is 17.9. The Morgan fingerprint density at radius 2 is 1.73 bits per heavy atom. The Kier molecular flexibility index (Phi) is 7.37. The summed E-state index contributed by atoms with van der Waals surface area (Å²) in [4.78, 5) is 17.1. The first-order valence-corrected chi connectivity index (χ1v) is 12.4. The summed E-state index contributed by atoms with van der Waals surface area (Å²) in [7, 11) is 0. The second-order valence-electron chi connectivity index (χ2n) is 8.03. The van der Waals surface area contributed by atoms with Crippen molar-refractivity contribution >= 4 is 63.2 Å². The molecule has 0 saturated carbocycles. The number of ether oxygens (including phenoxy) is 1. The molecule has 0 saturated heterocycles. The standard InChI is InChI=1S/C28H19Cl2N3O3S/c29-19-8-13-25-24(14-19)32-27(36-25)22-15-20(9-12-23(22)30)31-28(37)33-26(34)18-6-10-21(11-7-18)35-16-17-4-2-1-3-5-17/h1-15H,16H2,(H2,31,33,34,37). The number of rotatable bonds is 6. The molecule has 0 radical (unpaired) electrons. The molecule has 6 nitrogen and oxygen atoms in total. The van der Waals surface area contributed by atoms with Crippen LogP contribution in [0.5, 0.6) is 5.75 Å². The number of thiocarbonyl (C=S) groups is 1. The first-order valence-electron chi connectivity index (χ1n) is 11.2. The Hall–Kier alpha value is -3.91. The summed E-state index contributed by atoms with van der Waals surface area (Å²) in [5.41, 5.74) is 3.89. The molecule has 5 rings (SSSR count). The molecule has 0 unspecified atom stereocenters. The smallest absolute Gasteiger partial charge is 0.257 e. The van der Waals surface area contributed by atoms with Crippen molar-refractivity contribution in [2.45, 2.75) is 6.61 Å². The molecular formula is C28H19Cl2N3O3S. The highest BCUT2D eigenvalue weighted by molar-refractivity contribution is 7.80. The second-order valence-corrected chi connectivity index (χ2v) is 9.28. The van der Waals surface area contributed by atoms with Gasteiger partial charge >= 0.3 is 0 Å². The highest BCUT2D eigenvalue weighted by atomic mass is 35.5. The van der Waals surface area contributed by atoms with Crippen molar-refractivity contribution in [1.82, 2.24) is 10.3 Å². The van der Waals surface area contributed by atoms with Gasteiger partial charge < -0.3 is 14.5 Å². The van der Waals surface area contributed by atoms with Crippen LogP contribution in [-0.2, 0) is 6.61 Å². The number of fused-ring (bicyclic) bond motifs is 1. The van der Waals surface area contributed by atoms with Gasteiger partial charge in [-0.15, -0.1) is 0 Å². The van der Waals surface area contributed by atoms with Gasteiger partial charge in [-0.1, -0.05) is 53.5 Å². The van der Waals surface area contributed by atoms with E-state index in [2.05, 4.69) is 15.6 Å². The van der Waals surface area contributed by atoms with E-state index >= 15 is 0 Å². The van der Waals surface area contributed by atoms with Crippen LogP contribution in [0.1, 0.15) is 15.9 Å². The number of oxazole rings is 1. The summed E-state index contributed by atoms with van der Waals surface area (Å²) in [6.45, 7) is 0.445. The van der Waals surface area contributed by atoms with Crippen LogP contribution in [0.15, 0.2) is 95.4 Å². The minimum atomic E-state index is -0.350. The normalized spacial score (nSPS) is 10.8. The number of carbonyl (C=O) groups excluding carboxylic acids is 1. The van der Waals surface area contributed by atoms with Crippen molar-refractivity contribution in [3.05, 3.63) is 112 Å². The monoisotopic (exact) mass is 547 g/mol. The van der Waals surface area contributed by atoms with Crippen LogP contribution in [0.2, 0.25) is 10.0 Å². The first kappa shape index (κ1) is 24.8. The lowest BCUT2D eigenvalue weighted by Crippen LogP contribution is -2.34. The highest BCUT2D eigenvalue weighted by Gasteiger charge is 2.14. The number of anilines is 1. The van der Waals surface area contributed by atoms with Crippen LogP contribution in [0.25, 0.3) is 22.6 Å². The Balaban J connectivity index is 1.22. The van der Waals surface area contributed by atoms with Gasteiger partial charge in [-0.05, 0) is 78.4 Å². The molecule has 4 aromatic carbocycles. The summed E-state index contributed by atoms with van der Waals surface area (Å²) in [6.07, 6.45) is 0. The molecule has 0 aliphatic heterocycles. The van der Waals surface area contributed by atoms with E-state index in [4.69, 9.17) is 44.6 Å². The predicted molar refractivity (Wildman–Crippen MR) is 150 cm³/mol. The van der Waals surface area contributed by atoms with E-state index in [9.17, 15) is 4.79 Å². The van der Waals surface area contributed by atoms with Crippen molar-refractivity contribution in [3.8, 4) is 17.2 Å². The van der Waals surface area contributed by atoms with Gasteiger partial charge in [0.2, 0.25) is 5.89 Å². The lowest BCUT2D eigenvalue weighted by Gasteiger charge is -2.11. The van der Waals surface area contributed by atoms with E-state index in [1.807, 2.05) is 30.3 Å². The number of amides is 1. The van der Waals surface area contributed by atoms with Crippen LogP contribution >= 0.6 is 35.4 Å². The Labute approximate surface area is 228 Å². The number of hydrogen-bond acceptors (Lipinski definition) is 5. The largest absolute Gasteiger partial charge is 0.489 e. The Morgan fingerprint density at radius 1 is 0.946 bits per heavy atom. The SMILES string of the molecule is O=C(NC(=S)Nc1ccc(Cl)c(-c2nc3cc(Cl)ccc3o2)c1)c1ccc(OCc2ccccc2)cc1. The van der Waals surface area contributed by atoms with E-state index in [0.717, 1.165) is 5.56 Å². The van der Waals surface area contributed by atoms with Gasteiger partial charge in [0.1, 0.15) is 17.9 Å². The van der Waals surface area contributed by atoms with Crippen molar-refractivity contribution in [3.63, 3.8) is 0 Å². The summed E-state index contributed by atoms with van der Waals surface area (Å²) >= 11 is 17.8. The van der Waals surface area contributed by atoms with Crippen LogP contribution in [0.4, 0.5) is 5.69 Å². The average Bonchev–Trinajstić information content (AvgIpc) is 3.32. The second kappa shape index (κ2) is 11.0. The molecule has 37 heavy (non-hydrogen) atoms. The molecule has 184 valence electrons. The number of aromatic nitrogens is 1. The van der Waals surface area contributed by atoms with E-state index in [-0.39, 0.29) is 11.0 Å². The maximum Gasteiger partial charge on any atom is 0.257 e. The predicted octanol–water partition coefficient (Wildman–Crippen LogP) is 7.51. The molecule has 1 heterocycles. The van der Waals surface area contributed by atoms with Crippen molar-refractivity contribution < 1.29 is 13.9 Å². The number of nitrogens with zero attached hydrogens (tertiary/aromatic N) is 1. The lowest BCUT2D eigenvalue weighted by molar-refractivity contribution is 0.0977. The molecule has 0 bridgehead atoms. The number of carbonyl (C=O) groups is 1.